The fraction of sp³-hybridized carbons (Fsp3) is 0.122. The molecule has 0 bridgehead atoms. The van der Waals surface area contributed by atoms with Gasteiger partial charge in [0.05, 0.1) is 43.0 Å². The first-order valence-electron chi connectivity index (χ1n) is 16.2. The number of aromatic carboxylic acids is 1. The van der Waals surface area contributed by atoms with Crippen LogP contribution in [-0.4, -0.2) is 70.9 Å². The van der Waals surface area contributed by atoms with E-state index in [1.54, 1.807) is 72.8 Å². The minimum absolute atomic E-state index is 0.0151. The Hall–Kier alpha value is -7.49. The number of sulfonamides is 1. The van der Waals surface area contributed by atoms with Gasteiger partial charge in [-0.3, -0.25) is 14.4 Å². The van der Waals surface area contributed by atoms with E-state index in [9.17, 15) is 27.6 Å². The lowest BCUT2D eigenvalue weighted by Crippen LogP contribution is -2.30. The number of carbonyl (C=O) groups is 4. The standard InChI is InChI=1S/C21H20N2O6S.C20H17NO5/c1-4-13-29-18-11-9-15(14-19(18)28-2)10-12-20(24)22-17-8-6-5-7-16(17)21(25)23-30(3,26)27;1-3-12-26-17-10-8-14(13-18(17)25-2)9-11-19(22)21-16-7-5-4-6-15(16)20(23)24/h1,5-12,14H,13H2,2-3H3,(H,22,24)(H,23,25);1,4-11,13H,12H2,2H3,(H,21,22)(H,23,24)/b12-10+;11-9+. The molecule has 288 valence electrons. The van der Waals surface area contributed by atoms with Crippen molar-refractivity contribution >= 4 is 57.2 Å². The number of ether oxygens (including phenoxy) is 4. The van der Waals surface area contributed by atoms with Gasteiger partial charge in [-0.15, -0.1) is 12.8 Å². The van der Waals surface area contributed by atoms with Gasteiger partial charge in [0.15, 0.2) is 23.0 Å². The molecule has 0 aliphatic carbocycles. The molecule has 4 rings (SSSR count). The van der Waals surface area contributed by atoms with E-state index < -0.39 is 33.7 Å². The molecule has 0 saturated carbocycles. The largest absolute Gasteiger partial charge is 0.493 e. The van der Waals surface area contributed by atoms with Gasteiger partial charge in [0.25, 0.3) is 5.91 Å². The quantitative estimate of drug-likeness (QED) is 0.0926. The fourth-order valence-electron chi connectivity index (χ4n) is 4.54. The van der Waals surface area contributed by atoms with Crippen molar-refractivity contribution in [1.82, 2.24) is 4.72 Å². The minimum atomic E-state index is -3.74. The van der Waals surface area contributed by atoms with Crippen LogP contribution in [0, 0.1) is 24.7 Å². The van der Waals surface area contributed by atoms with Crippen molar-refractivity contribution in [2.45, 2.75) is 0 Å². The second-order valence-electron chi connectivity index (χ2n) is 11.1. The number of benzene rings is 4. The first-order chi connectivity index (χ1) is 26.8. The average Bonchev–Trinajstić information content (AvgIpc) is 3.17. The van der Waals surface area contributed by atoms with E-state index in [0.717, 1.165) is 6.26 Å². The zero-order valence-electron chi connectivity index (χ0n) is 30.4. The Bertz CT molecular complexity index is 2320. The van der Waals surface area contributed by atoms with Crippen LogP contribution in [0.3, 0.4) is 0 Å². The van der Waals surface area contributed by atoms with Gasteiger partial charge in [0.1, 0.15) is 13.2 Å². The van der Waals surface area contributed by atoms with E-state index in [-0.39, 0.29) is 35.7 Å². The number of hydrogen-bond acceptors (Lipinski definition) is 10. The molecule has 14 nitrogen and oxygen atoms in total. The highest BCUT2D eigenvalue weighted by atomic mass is 32.2. The molecule has 0 heterocycles. The SMILES string of the molecule is C#CCOc1ccc(/C=C/C(=O)Nc2ccccc2C(=O)NS(C)(=O)=O)cc1OC.C#CCOc1ccc(/C=C/C(=O)Nc2ccccc2C(=O)O)cc1OC. The van der Waals surface area contributed by atoms with E-state index in [1.807, 2.05) is 4.72 Å². The van der Waals surface area contributed by atoms with E-state index in [1.165, 1.54) is 50.6 Å². The summed E-state index contributed by atoms with van der Waals surface area (Å²) in [7, 11) is -0.754. The van der Waals surface area contributed by atoms with Gasteiger partial charge in [0, 0.05) is 12.2 Å². The zero-order chi connectivity index (χ0) is 41.1. The molecule has 0 radical (unpaired) electrons. The first-order valence-corrected chi connectivity index (χ1v) is 18.1. The maximum absolute atomic E-state index is 12.3. The lowest BCUT2D eigenvalue weighted by molar-refractivity contribution is -0.112. The lowest BCUT2D eigenvalue weighted by Gasteiger charge is -2.10. The number of carbonyl (C=O) groups excluding carboxylic acids is 3. The maximum Gasteiger partial charge on any atom is 0.337 e. The van der Waals surface area contributed by atoms with Gasteiger partial charge >= 0.3 is 5.97 Å². The normalized spacial score (nSPS) is 10.5. The molecular formula is C41H37N3O11S. The Kier molecular flexibility index (Phi) is 16.3. The van der Waals surface area contributed by atoms with E-state index in [2.05, 4.69) is 22.5 Å². The highest BCUT2D eigenvalue weighted by molar-refractivity contribution is 7.89. The fourth-order valence-corrected chi connectivity index (χ4v) is 4.98. The van der Waals surface area contributed by atoms with Crippen molar-refractivity contribution in [3.05, 3.63) is 119 Å². The maximum atomic E-state index is 12.3. The number of para-hydroxylation sites is 2. The summed E-state index contributed by atoms with van der Waals surface area (Å²) >= 11 is 0. The summed E-state index contributed by atoms with van der Waals surface area (Å²) in [4.78, 5) is 47.6. The summed E-state index contributed by atoms with van der Waals surface area (Å²) in [6.07, 6.45) is 16.9. The summed E-state index contributed by atoms with van der Waals surface area (Å²) in [5.41, 5.74) is 1.80. The Morgan fingerprint density at radius 1 is 0.679 bits per heavy atom. The number of hydrogen-bond donors (Lipinski definition) is 4. The number of terminal acetylenes is 2. The van der Waals surface area contributed by atoms with Crippen LogP contribution in [0.1, 0.15) is 31.8 Å². The van der Waals surface area contributed by atoms with Crippen LogP contribution < -0.4 is 34.3 Å². The molecule has 0 atom stereocenters. The molecule has 0 aliphatic heterocycles. The Morgan fingerprint density at radius 3 is 1.52 bits per heavy atom. The van der Waals surface area contributed by atoms with Gasteiger partial charge in [-0.25, -0.2) is 17.9 Å². The summed E-state index contributed by atoms with van der Waals surface area (Å²) in [5, 5.41) is 14.2. The number of methoxy groups -OCH3 is 2. The van der Waals surface area contributed by atoms with Crippen molar-refractivity contribution in [3.8, 4) is 47.7 Å². The number of rotatable bonds is 15. The number of amides is 3. The monoisotopic (exact) mass is 779 g/mol. The summed E-state index contributed by atoms with van der Waals surface area (Å²) in [6, 6.07) is 22.4. The molecule has 4 N–H and O–H groups in total. The van der Waals surface area contributed by atoms with Crippen LogP contribution in [0.25, 0.3) is 12.2 Å². The number of carboxylic acids is 1. The highest BCUT2D eigenvalue weighted by Crippen LogP contribution is 2.29. The second kappa shape index (κ2) is 21.3. The molecule has 4 aromatic carbocycles. The molecule has 56 heavy (non-hydrogen) atoms. The third kappa shape index (κ3) is 13.8. The predicted molar refractivity (Wildman–Crippen MR) is 212 cm³/mol. The molecule has 0 aliphatic rings. The van der Waals surface area contributed by atoms with Crippen LogP contribution in [0.15, 0.2) is 97.1 Å². The van der Waals surface area contributed by atoms with Crippen molar-refractivity contribution in [2.75, 3.05) is 44.3 Å². The van der Waals surface area contributed by atoms with Crippen LogP contribution in [-0.2, 0) is 19.6 Å². The smallest absolute Gasteiger partial charge is 0.337 e. The van der Waals surface area contributed by atoms with E-state index in [4.69, 9.17) is 36.9 Å². The van der Waals surface area contributed by atoms with Gasteiger partial charge in [0.2, 0.25) is 21.8 Å². The third-order valence-corrected chi connectivity index (χ3v) is 7.53. The van der Waals surface area contributed by atoms with Crippen LogP contribution in [0.2, 0.25) is 0 Å². The van der Waals surface area contributed by atoms with Gasteiger partial charge < -0.3 is 34.7 Å². The predicted octanol–water partition coefficient (Wildman–Crippen LogP) is 5.11. The molecule has 15 heteroatoms. The van der Waals surface area contributed by atoms with Gasteiger partial charge in [-0.2, -0.15) is 0 Å². The summed E-state index contributed by atoms with van der Waals surface area (Å²) in [5.74, 6) is 3.73. The van der Waals surface area contributed by atoms with E-state index in [0.29, 0.717) is 34.1 Å². The molecule has 0 spiro atoms. The van der Waals surface area contributed by atoms with Crippen molar-refractivity contribution in [1.29, 1.82) is 0 Å². The Morgan fingerprint density at radius 2 is 1.11 bits per heavy atom. The molecular weight excluding hydrogens is 743 g/mol. The second-order valence-corrected chi connectivity index (χ2v) is 12.8. The van der Waals surface area contributed by atoms with E-state index >= 15 is 0 Å². The Balaban J connectivity index is 0.000000303. The van der Waals surface area contributed by atoms with Gasteiger partial charge in [-0.1, -0.05) is 48.2 Å². The minimum Gasteiger partial charge on any atom is -0.493 e. The highest BCUT2D eigenvalue weighted by Gasteiger charge is 2.16. The van der Waals surface area contributed by atoms with Crippen molar-refractivity contribution < 1.29 is 51.6 Å². The number of anilines is 2. The molecule has 0 fully saturated rings. The molecule has 4 aromatic rings. The van der Waals surface area contributed by atoms with Crippen molar-refractivity contribution in [3.63, 3.8) is 0 Å². The third-order valence-electron chi connectivity index (χ3n) is 6.97. The van der Waals surface area contributed by atoms with Crippen LogP contribution in [0.4, 0.5) is 11.4 Å². The average molecular weight is 780 g/mol. The Labute approximate surface area is 324 Å². The number of nitrogens with one attached hydrogen (secondary N) is 3. The molecule has 0 unspecified atom stereocenters. The summed E-state index contributed by atoms with van der Waals surface area (Å²) < 4.78 is 45.6. The molecule has 0 aromatic heterocycles. The number of carboxylic acid groups (broad SMARTS) is 1. The topological polar surface area (TPSA) is 196 Å². The zero-order valence-corrected chi connectivity index (χ0v) is 31.2. The molecule has 3 amide bonds. The summed E-state index contributed by atoms with van der Waals surface area (Å²) in [6.45, 7) is 0.219. The van der Waals surface area contributed by atoms with Crippen LogP contribution in [0.5, 0.6) is 23.0 Å². The first kappa shape index (κ1) is 42.9. The molecule has 0 saturated heterocycles. The van der Waals surface area contributed by atoms with Crippen LogP contribution >= 0.6 is 0 Å². The van der Waals surface area contributed by atoms with Crippen molar-refractivity contribution in [2.24, 2.45) is 0 Å². The lowest BCUT2D eigenvalue weighted by atomic mass is 10.1. The van der Waals surface area contributed by atoms with Gasteiger partial charge in [-0.05, 0) is 71.8 Å².